The third-order valence-electron chi connectivity index (χ3n) is 6.14. The Balaban J connectivity index is 1.72. The van der Waals surface area contributed by atoms with Crippen molar-refractivity contribution in [1.29, 1.82) is 0 Å². The fourth-order valence-electron chi connectivity index (χ4n) is 4.31. The lowest BCUT2D eigenvalue weighted by molar-refractivity contribution is 0.160. The number of ether oxygens (including phenoxy) is 2. The summed E-state index contributed by atoms with van der Waals surface area (Å²) in [6.45, 7) is 8.47. The summed E-state index contributed by atoms with van der Waals surface area (Å²) >= 11 is 0. The van der Waals surface area contributed by atoms with Gasteiger partial charge in [-0.15, -0.1) is 0 Å². The number of para-hydroxylation sites is 1. The van der Waals surface area contributed by atoms with E-state index in [0.29, 0.717) is 28.4 Å². The average Bonchev–Trinajstić information content (AvgIpc) is 2.81. The number of amides is 1. The van der Waals surface area contributed by atoms with Crippen molar-refractivity contribution in [3.05, 3.63) is 83.4 Å². The number of rotatable bonds is 7. The van der Waals surface area contributed by atoms with Gasteiger partial charge in [0.15, 0.2) is 0 Å². The summed E-state index contributed by atoms with van der Waals surface area (Å²) in [6.07, 6.45) is 3.45. The number of carbonyl (C=O) groups is 1. The molecular formula is C29H31NO4. The highest BCUT2D eigenvalue weighted by atomic mass is 16.6. The van der Waals surface area contributed by atoms with E-state index in [1.165, 1.54) is 4.90 Å². The lowest BCUT2D eigenvalue weighted by Crippen LogP contribution is -2.29. The molecule has 0 unspecified atom stereocenters. The highest BCUT2D eigenvalue weighted by molar-refractivity contribution is 5.91. The SMILES string of the molecule is C=C1Oc2cc(CCCCC)c(CN(C)C(=O)Oc3ccccc3)c(O)c2-c2cc(C)ccc21. The van der Waals surface area contributed by atoms with Crippen molar-refractivity contribution in [1.82, 2.24) is 4.90 Å². The Morgan fingerprint density at radius 3 is 2.59 bits per heavy atom. The fraction of sp³-hybridized carbons (Fsp3) is 0.276. The van der Waals surface area contributed by atoms with Gasteiger partial charge in [-0.1, -0.05) is 68.3 Å². The van der Waals surface area contributed by atoms with Crippen molar-refractivity contribution in [3.8, 4) is 28.4 Å². The highest BCUT2D eigenvalue weighted by Crippen LogP contribution is 2.49. The average molecular weight is 458 g/mol. The van der Waals surface area contributed by atoms with Crippen molar-refractivity contribution in [3.63, 3.8) is 0 Å². The molecule has 1 N–H and O–H groups in total. The van der Waals surface area contributed by atoms with E-state index >= 15 is 0 Å². The van der Waals surface area contributed by atoms with E-state index in [4.69, 9.17) is 9.47 Å². The summed E-state index contributed by atoms with van der Waals surface area (Å²) in [7, 11) is 1.68. The summed E-state index contributed by atoms with van der Waals surface area (Å²) in [4.78, 5) is 14.2. The molecule has 4 rings (SSSR count). The second-order valence-corrected chi connectivity index (χ2v) is 8.80. The molecule has 5 heteroatoms. The summed E-state index contributed by atoms with van der Waals surface area (Å²) in [5.74, 6) is 1.79. The molecule has 3 aromatic rings. The third kappa shape index (κ3) is 4.79. The zero-order chi connectivity index (χ0) is 24.2. The number of hydrogen-bond acceptors (Lipinski definition) is 4. The molecule has 0 atom stereocenters. The normalized spacial score (nSPS) is 11.9. The van der Waals surface area contributed by atoms with Crippen molar-refractivity contribution < 1.29 is 19.4 Å². The van der Waals surface area contributed by atoms with Crippen LogP contribution in [-0.2, 0) is 13.0 Å². The molecule has 1 amide bonds. The molecule has 1 heterocycles. The summed E-state index contributed by atoms with van der Waals surface area (Å²) < 4.78 is 11.5. The van der Waals surface area contributed by atoms with E-state index in [1.807, 2.05) is 49.4 Å². The minimum absolute atomic E-state index is 0.141. The van der Waals surface area contributed by atoms with E-state index in [2.05, 4.69) is 13.5 Å². The van der Waals surface area contributed by atoms with Gasteiger partial charge in [0, 0.05) is 23.7 Å². The van der Waals surface area contributed by atoms with E-state index in [1.54, 1.807) is 19.2 Å². The van der Waals surface area contributed by atoms with Crippen molar-refractivity contribution in [2.45, 2.75) is 46.1 Å². The molecule has 0 bridgehead atoms. The Morgan fingerprint density at radius 2 is 1.85 bits per heavy atom. The predicted molar refractivity (Wildman–Crippen MR) is 135 cm³/mol. The van der Waals surface area contributed by atoms with Gasteiger partial charge in [0.05, 0.1) is 12.1 Å². The molecule has 0 aromatic heterocycles. The van der Waals surface area contributed by atoms with Gasteiger partial charge in [0.25, 0.3) is 0 Å². The molecule has 0 spiro atoms. The second-order valence-electron chi connectivity index (χ2n) is 8.80. The Kier molecular flexibility index (Phi) is 6.92. The summed E-state index contributed by atoms with van der Waals surface area (Å²) in [5, 5.41) is 11.5. The lowest BCUT2D eigenvalue weighted by atomic mass is 9.88. The Labute approximate surface area is 201 Å². The minimum atomic E-state index is -0.483. The maximum Gasteiger partial charge on any atom is 0.415 e. The van der Waals surface area contributed by atoms with Crippen LogP contribution in [0.3, 0.4) is 0 Å². The molecule has 3 aromatic carbocycles. The molecular weight excluding hydrogens is 426 g/mol. The molecule has 1 aliphatic rings. The van der Waals surface area contributed by atoms with Gasteiger partial charge in [-0.2, -0.15) is 0 Å². The number of benzene rings is 3. The van der Waals surface area contributed by atoms with E-state index in [0.717, 1.165) is 47.9 Å². The van der Waals surface area contributed by atoms with Crippen LogP contribution in [0.2, 0.25) is 0 Å². The maximum absolute atomic E-state index is 12.8. The van der Waals surface area contributed by atoms with E-state index < -0.39 is 6.09 Å². The minimum Gasteiger partial charge on any atom is -0.507 e. The van der Waals surface area contributed by atoms with Crippen molar-refractivity contribution in [2.75, 3.05) is 7.05 Å². The van der Waals surface area contributed by atoms with Gasteiger partial charge in [0.2, 0.25) is 0 Å². The zero-order valence-corrected chi connectivity index (χ0v) is 20.1. The topological polar surface area (TPSA) is 59.0 Å². The summed E-state index contributed by atoms with van der Waals surface area (Å²) in [6, 6.07) is 17.0. The second kappa shape index (κ2) is 10.0. The standard InChI is InChI=1S/C29H31NO4/c1-5-6-8-11-21-17-26-27(24-16-19(2)14-15-23(24)20(3)33-26)28(31)25(21)18-30(4)29(32)34-22-12-9-7-10-13-22/h7,9-10,12-17,31H,3,5-6,8,11,18H2,1-2,4H3. The fourth-order valence-corrected chi connectivity index (χ4v) is 4.31. The molecule has 34 heavy (non-hydrogen) atoms. The van der Waals surface area contributed by atoms with Crippen LogP contribution >= 0.6 is 0 Å². The number of nitrogens with zero attached hydrogens (tertiary/aromatic N) is 1. The molecule has 1 aliphatic heterocycles. The number of fused-ring (bicyclic) bond motifs is 3. The Morgan fingerprint density at radius 1 is 1.09 bits per heavy atom. The van der Waals surface area contributed by atoms with E-state index in [-0.39, 0.29) is 12.3 Å². The quantitative estimate of drug-likeness (QED) is 0.385. The first kappa shape index (κ1) is 23.4. The van der Waals surface area contributed by atoms with Crippen LogP contribution < -0.4 is 9.47 Å². The number of phenols is 1. The van der Waals surface area contributed by atoms with Crippen LogP contribution in [0, 0.1) is 6.92 Å². The molecule has 0 saturated carbocycles. The number of unbranched alkanes of at least 4 members (excludes halogenated alkanes) is 2. The molecule has 0 aliphatic carbocycles. The number of carbonyl (C=O) groups excluding carboxylic acids is 1. The highest BCUT2D eigenvalue weighted by Gasteiger charge is 2.28. The largest absolute Gasteiger partial charge is 0.507 e. The molecule has 0 fully saturated rings. The first-order chi connectivity index (χ1) is 16.4. The Bertz CT molecular complexity index is 1220. The molecule has 5 nitrogen and oxygen atoms in total. The first-order valence-corrected chi connectivity index (χ1v) is 11.7. The van der Waals surface area contributed by atoms with Crippen LogP contribution in [0.1, 0.15) is 48.4 Å². The van der Waals surface area contributed by atoms with Crippen LogP contribution in [0.4, 0.5) is 4.79 Å². The molecule has 176 valence electrons. The van der Waals surface area contributed by atoms with E-state index in [9.17, 15) is 9.90 Å². The lowest BCUT2D eigenvalue weighted by Gasteiger charge is -2.27. The van der Waals surface area contributed by atoms with Gasteiger partial charge in [-0.3, -0.25) is 0 Å². The van der Waals surface area contributed by atoms with Crippen molar-refractivity contribution in [2.24, 2.45) is 0 Å². The number of aryl methyl sites for hydroxylation is 2. The van der Waals surface area contributed by atoms with Crippen LogP contribution in [0.25, 0.3) is 16.9 Å². The van der Waals surface area contributed by atoms with Gasteiger partial charge >= 0.3 is 6.09 Å². The predicted octanol–water partition coefficient (Wildman–Crippen LogP) is 7.09. The van der Waals surface area contributed by atoms with Crippen molar-refractivity contribution >= 4 is 11.9 Å². The maximum atomic E-state index is 12.8. The van der Waals surface area contributed by atoms with Gasteiger partial charge < -0.3 is 19.5 Å². The van der Waals surface area contributed by atoms with Crippen LogP contribution in [0.15, 0.2) is 61.2 Å². The number of hydrogen-bond donors (Lipinski definition) is 1. The number of aromatic hydroxyl groups is 1. The molecule has 0 radical (unpaired) electrons. The van der Waals surface area contributed by atoms with Crippen LogP contribution in [0.5, 0.6) is 17.2 Å². The van der Waals surface area contributed by atoms with Gasteiger partial charge in [-0.05, 0) is 43.5 Å². The summed E-state index contributed by atoms with van der Waals surface area (Å²) in [5.41, 5.74) is 5.15. The smallest absolute Gasteiger partial charge is 0.415 e. The Hall–Kier alpha value is -3.73. The monoisotopic (exact) mass is 457 g/mol. The number of phenolic OH excluding ortho intramolecular Hbond substituents is 1. The van der Waals surface area contributed by atoms with Gasteiger partial charge in [-0.25, -0.2) is 4.79 Å². The first-order valence-electron chi connectivity index (χ1n) is 11.7. The third-order valence-corrected chi connectivity index (χ3v) is 6.14. The zero-order valence-electron chi connectivity index (χ0n) is 20.1. The van der Waals surface area contributed by atoms with Gasteiger partial charge in [0.1, 0.15) is 23.0 Å². The van der Waals surface area contributed by atoms with Crippen LogP contribution in [-0.4, -0.2) is 23.1 Å². The molecule has 0 saturated heterocycles.